The van der Waals surface area contributed by atoms with Gasteiger partial charge in [0.25, 0.3) is 0 Å². The molecule has 0 aromatic carbocycles. The van der Waals surface area contributed by atoms with Crippen molar-refractivity contribution in [2.24, 2.45) is 11.8 Å². The number of carbonyl (C=O) groups excluding carboxylic acids is 2. The molecule has 0 heterocycles. The predicted molar refractivity (Wildman–Crippen MR) is 52.3 cm³/mol. The first-order chi connectivity index (χ1) is 6.06. The van der Waals surface area contributed by atoms with Crippen molar-refractivity contribution in [3.8, 4) is 0 Å². The van der Waals surface area contributed by atoms with Crippen LogP contribution in [0.25, 0.3) is 0 Å². The summed E-state index contributed by atoms with van der Waals surface area (Å²) in [5, 5.41) is 2.78. The third-order valence-electron chi connectivity index (χ3n) is 1.75. The van der Waals surface area contributed by atoms with Crippen molar-refractivity contribution in [2.45, 2.75) is 33.6 Å². The number of hydrogen-bond donors (Lipinski definition) is 1. The lowest BCUT2D eigenvalue weighted by molar-refractivity contribution is -0.122. The van der Waals surface area contributed by atoms with Crippen LogP contribution in [0.4, 0.5) is 0 Å². The Kier molecular flexibility index (Phi) is 6.20. The highest BCUT2D eigenvalue weighted by atomic mass is 16.1. The summed E-state index contributed by atoms with van der Waals surface area (Å²) in [5.41, 5.74) is 0. The molecule has 13 heavy (non-hydrogen) atoms. The first kappa shape index (κ1) is 12.1. The minimum absolute atomic E-state index is 0.0411. The number of hydrogen-bond acceptors (Lipinski definition) is 2. The molecule has 0 spiro atoms. The van der Waals surface area contributed by atoms with Gasteiger partial charge < -0.3 is 10.1 Å². The standard InChI is InChI=1S/C10H19NO2/c1-8(2)6-10(13)11-5-4-9(3)7-12/h7-9H,4-6H2,1-3H3,(H,11,13). The number of carbonyl (C=O) groups is 2. The van der Waals surface area contributed by atoms with E-state index in [4.69, 9.17) is 0 Å². The number of rotatable bonds is 6. The summed E-state index contributed by atoms with van der Waals surface area (Å²) in [5.74, 6) is 0.510. The minimum atomic E-state index is 0.0411. The highest BCUT2D eigenvalue weighted by Crippen LogP contribution is 1.99. The molecule has 0 radical (unpaired) electrons. The van der Waals surface area contributed by atoms with Crippen LogP contribution < -0.4 is 5.32 Å². The van der Waals surface area contributed by atoms with E-state index in [1.807, 2.05) is 20.8 Å². The molecule has 0 bridgehead atoms. The Morgan fingerprint density at radius 1 is 1.38 bits per heavy atom. The Balaban J connectivity index is 3.42. The molecule has 0 saturated heterocycles. The third-order valence-corrected chi connectivity index (χ3v) is 1.75. The topological polar surface area (TPSA) is 46.2 Å². The van der Waals surface area contributed by atoms with Crippen LogP contribution >= 0.6 is 0 Å². The first-order valence-electron chi connectivity index (χ1n) is 4.78. The van der Waals surface area contributed by atoms with Crippen molar-refractivity contribution < 1.29 is 9.59 Å². The average molecular weight is 185 g/mol. The fourth-order valence-electron chi connectivity index (χ4n) is 0.950. The molecule has 0 aromatic heterocycles. The molecule has 0 saturated carbocycles. The van der Waals surface area contributed by atoms with Gasteiger partial charge in [-0.15, -0.1) is 0 Å². The van der Waals surface area contributed by atoms with Crippen molar-refractivity contribution in [1.82, 2.24) is 5.32 Å². The summed E-state index contributed by atoms with van der Waals surface area (Å²) in [4.78, 5) is 21.4. The van der Waals surface area contributed by atoms with Crippen molar-refractivity contribution in [3.63, 3.8) is 0 Å². The van der Waals surface area contributed by atoms with Gasteiger partial charge in [-0.2, -0.15) is 0 Å². The zero-order valence-corrected chi connectivity index (χ0v) is 8.67. The molecular formula is C10H19NO2. The van der Waals surface area contributed by atoms with Gasteiger partial charge in [-0.05, 0) is 12.3 Å². The highest BCUT2D eigenvalue weighted by Gasteiger charge is 2.04. The number of amides is 1. The van der Waals surface area contributed by atoms with Gasteiger partial charge in [-0.25, -0.2) is 0 Å². The Labute approximate surface area is 79.9 Å². The van der Waals surface area contributed by atoms with Crippen molar-refractivity contribution in [2.75, 3.05) is 6.54 Å². The minimum Gasteiger partial charge on any atom is -0.356 e. The molecule has 0 aliphatic carbocycles. The Morgan fingerprint density at radius 3 is 2.46 bits per heavy atom. The van der Waals surface area contributed by atoms with Gasteiger partial charge in [-0.1, -0.05) is 20.8 Å². The fraction of sp³-hybridized carbons (Fsp3) is 0.800. The molecule has 3 heteroatoms. The van der Waals surface area contributed by atoms with Gasteiger partial charge in [0.05, 0.1) is 0 Å². The SMILES string of the molecule is CC(C)CC(=O)NCCC(C)C=O. The maximum Gasteiger partial charge on any atom is 0.220 e. The van der Waals surface area contributed by atoms with Crippen molar-refractivity contribution in [3.05, 3.63) is 0 Å². The molecule has 0 fully saturated rings. The van der Waals surface area contributed by atoms with E-state index in [2.05, 4.69) is 5.32 Å². The van der Waals surface area contributed by atoms with E-state index in [1.54, 1.807) is 0 Å². The second kappa shape index (κ2) is 6.63. The average Bonchev–Trinajstić information content (AvgIpc) is 2.02. The van der Waals surface area contributed by atoms with Crippen LogP contribution in [0.3, 0.4) is 0 Å². The van der Waals surface area contributed by atoms with E-state index in [0.29, 0.717) is 18.9 Å². The molecule has 1 atom stereocenters. The Morgan fingerprint density at radius 2 is 2.00 bits per heavy atom. The van der Waals surface area contributed by atoms with Gasteiger partial charge >= 0.3 is 0 Å². The van der Waals surface area contributed by atoms with Crippen LogP contribution in [0.2, 0.25) is 0 Å². The van der Waals surface area contributed by atoms with Crippen molar-refractivity contribution >= 4 is 12.2 Å². The van der Waals surface area contributed by atoms with Crippen LogP contribution in [0.15, 0.2) is 0 Å². The molecule has 0 aromatic rings. The summed E-state index contributed by atoms with van der Waals surface area (Å²) in [7, 11) is 0. The van der Waals surface area contributed by atoms with Gasteiger partial charge in [-0.3, -0.25) is 4.79 Å². The van der Waals surface area contributed by atoms with E-state index in [-0.39, 0.29) is 11.8 Å². The summed E-state index contributed by atoms with van der Waals surface area (Å²) in [6, 6.07) is 0. The van der Waals surface area contributed by atoms with E-state index < -0.39 is 0 Å². The van der Waals surface area contributed by atoms with Crippen LogP contribution in [0.1, 0.15) is 33.6 Å². The molecule has 1 unspecified atom stereocenters. The van der Waals surface area contributed by atoms with Gasteiger partial charge in [0.2, 0.25) is 5.91 Å². The normalized spacial score (nSPS) is 12.6. The quantitative estimate of drug-likeness (QED) is 0.635. The lowest BCUT2D eigenvalue weighted by atomic mass is 10.1. The van der Waals surface area contributed by atoms with Gasteiger partial charge in [0.1, 0.15) is 6.29 Å². The molecule has 1 amide bonds. The maximum absolute atomic E-state index is 11.1. The van der Waals surface area contributed by atoms with Crippen LogP contribution in [0, 0.1) is 11.8 Å². The second-order valence-corrected chi connectivity index (χ2v) is 3.85. The third kappa shape index (κ3) is 7.50. The highest BCUT2D eigenvalue weighted by molar-refractivity contribution is 5.76. The smallest absolute Gasteiger partial charge is 0.220 e. The van der Waals surface area contributed by atoms with E-state index in [0.717, 1.165) is 12.7 Å². The molecule has 0 aliphatic rings. The van der Waals surface area contributed by atoms with E-state index in [9.17, 15) is 9.59 Å². The Bertz CT molecular complexity index is 166. The zero-order chi connectivity index (χ0) is 10.3. The molecule has 1 N–H and O–H groups in total. The Hall–Kier alpha value is -0.860. The monoisotopic (exact) mass is 185 g/mol. The molecule has 3 nitrogen and oxygen atoms in total. The predicted octanol–water partition coefficient (Wildman–Crippen LogP) is 1.37. The van der Waals surface area contributed by atoms with Crippen molar-refractivity contribution in [1.29, 1.82) is 0 Å². The van der Waals surface area contributed by atoms with Crippen LogP contribution in [-0.4, -0.2) is 18.7 Å². The molecular weight excluding hydrogens is 166 g/mol. The fourth-order valence-corrected chi connectivity index (χ4v) is 0.950. The van der Waals surface area contributed by atoms with E-state index >= 15 is 0 Å². The van der Waals surface area contributed by atoms with Crippen LogP contribution in [-0.2, 0) is 9.59 Å². The largest absolute Gasteiger partial charge is 0.356 e. The van der Waals surface area contributed by atoms with E-state index in [1.165, 1.54) is 0 Å². The first-order valence-corrected chi connectivity index (χ1v) is 4.78. The summed E-state index contributed by atoms with van der Waals surface area (Å²) in [6.07, 6.45) is 2.21. The zero-order valence-electron chi connectivity index (χ0n) is 8.67. The lowest BCUT2D eigenvalue weighted by Crippen LogP contribution is -2.26. The second-order valence-electron chi connectivity index (χ2n) is 3.85. The maximum atomic E-state index is 11.1. The molecule has 76 valence electrons. The summed E-state index contributed by atoms with van der Waals surface area (Å²) < 4.78 is 0. The van der Waals surface area contributed by atoms with Gasteiger partial charge in [0.15, 0.2) is 0 Å². The summed E-state index contributed by atoms with van der Waals surface area (Å²) >= 11 is 0. The van der Waals surface area contributed by atoms with Gasteiger partial charge in [0, 0.05) is 18.9 Å². The lowest BCUT2D eigenvalue weighted by Gasteiger charge is -2.07. The van der Waals surface area contributed by atoms with Crippen LogP contribution in [0.5, 0.6) is 0 Å². The number of nitrogens with one attached hydrogen (secondary N) is 1. The molecule has 0 aliphatic heterocycles. The summed E-state index contributed by atoms with van der Waals surface area (Å²) in [6.45, 7) is 6.47. The molecule has 0 rings (SSSR count). The number of aldehydes is 1.